The summed E-state index contributed by atoms with van der Waals surface area (Å²) < 4.78 is 0. The van der Waals surface area contributed by atoms with Crippen LogP contribution in [0.15, 0.2) is 54.6 Å². The van der Waals surface area contributed by atoms with Gasteiger partial charge in [0, 0.05) is 17.7 Å². The number of nitriles is 1. The van der Waals surface area contributed by atoms with Crippen molar-refractivity contribution in [2.24, 2.45) is 5.41 Å². The molecule has 0 bridgehead atoms. The van der Waals surface area contributed by atoms with Gasteiger partial charge in [-0.2, -0.15) is 5.26 Å². The fourth-order valence-electron chi connectivity index (χ4n) is 2.58. The van der Waals surface area contributed by atoms with Gasteiger partial charge in [0.15, 0.2) is 5.78 Å². The topological polar surface area (TPSA) is 70.0 Å². The molecule has 0 saturated carbocycles. The SMILES string of the molecule is N#C[C@]1(C(=O)Nc2ccccc2)Cc2ccccc2C1=O. The number of amides is 1. The molecule has 1 amide bonds. The summed E-state index contributed by atoms with van der Waals surface area (Å²) >= 11 is 0. The molecule has 0 fully saturated rings. The Bertz CT molecular complexity index is 762. The number of rotatable bonds is 2. The molecule has 0 unspecified atom stereocenters. The number of Topliss-reactive ketones (excluding diaryl/α,β-unsaturated/α-hetero) is 1. The third kappa shape index (κ3) is 2.00. The molecule has 0 spiro atoms. The third-order valence-electron chi connectivity index (χ3n) is 3.72. The Labute approximate surface area is 122 Å². The van der Waals surface area contributed by atoms with Crippen LogP contribution in [0.25, 0.3) is 0 Å². The van der Waals surface area contributed by atoms with E-state index < -0.39 is 17.1 Å². The Kier molecular flexibility index (Phi) is 3.03. The van der Waals surface area contributed by atoms with Crippen LogP contribution in [0, 0.1) is 16.7 Å². The predicted octanol–water partition coefficient (Wildman–Crippen LogP) is 2.57. The van der Waals surface area contributed by atoms with E-state index in [2.05, 4.69) is 5.32 Å². The first-order chi connectivity index (χ1) is 10.2. The lowest BCUT2D eigenvalue weighted by atomic mass is 9.84. The summed E-state index contributed by atoms with van der Waals surface area (Å²) in [6, 6.07) is 17.7. The van der Waals surface area contributed by atoms with Crippen molar-refractivity contribution in [3.63, 3.8) is 0 Å². The summed E-state index contributed by atoms with van der Waals surface area (Å²) in [6.07, 6.45) is 0.122. The molecule has 2 aromatic carbocycles. The van der Waals surface area contributed by atoms with E-state index in [1.165, 1.54) is 0 Å². The number of ketones is 1. The molecule has 4 heteroatoms. The maximum absolute atomic E-state index is 12.5. The van der Waals surface area contributed by atoms with E-state index in [1.54, 1.807) is 48.5 Å². The van der Waals surface area contributed by atoms with Crippen molar-refractivity contribution in [3.8, 4) is 6.07 Å². The fourth-order valence-corrected chi connectivity index (χ4v) is 2.58. The number of hydrogen-bond donors (Lipinski definition) is 1. The minimum Gasteiger partial charge on any atom is -0.324 e. The highest BCUT2D eigenvalue weighted by molar-refractivity contribution is 6.22. The van der Waals surface area contributed by atoms with Gasteiger partial charge in [-0.25, -0.2) is 0 Å². The Morgan fingerprint density at radius 2 is 1.76 bits per heavy atom. The molecule has 3 rings (SSSR count). The van der Waals surface area contributed by atoms with Crippen molar-refractivity contribution in [2.45, 2.75) is 6.42 Å². The van der Waals surface area contributed by atoms with E-state index >= 15 is 0 Å². The smallest absolute Gasteiger partial charge is 0.253 e. The number of anilines is 1. The minimum atomic E-state index is -1.67. The highest BCUT2D eigenvalue weighted by Crippen LogP contribution is 2.37. The molecular weight excluding hydrogens is 264 g/mol. The standard InChI is InChI=1S/C17H12N2O2/c18-11-17(16(21)19-13-7-2-1-3-8-13)10-12-6-4-5-9-14(12)15(17)20/h1-9H,10H2,(H,19,21)/t17-/m1/s1. The van der Waals surface area contributed by atoms with Gasteiger partial charge in [0.2, 0.25) is 5.41 Å². The first-order valence-corrected chi connectivity index (χ1v) is 6.58. The molecule has 1 aliphatic rings. The number of fused-ring (bicyclic) bond motifs is 1. The predicted molar refractivity (Wildman–Crippen MR) is 77.6 cm³/mol. The Balaban J connectivity index is 1.95. The first kappa shape index (κ1) is 13.1. The molecular formula is C17H12N2O2. The van der Waals surface area contributed by atoms with Crippen LogP contribution in [0.3, 0.4) is 0 Å². The van der Waals surface area contributed by atoms with E-state index in [-0.39, 0.29) is 6.42 Å². The highest BCUT2D eigenvalue weighted by atomic mass is 16.2. The molecule has 0 aromatic heterocycles. The minimum absolute atomic E-state index is 0.122. The molecule has 0 saturated heterocycles. The number of hydrogen-bond acceptors (Lipinski definition) is 3. The second-order valence-corrected chi connectivity index (χ2v) is 5.00. The number of para-hydroxylation sites is 1. The van der Waals surface area contributed by atoms with E-state index in [0.29, 0.717) is 11.3 Å². The van der Waals surface area contributed by atoms with Crippen molar-refractivity contribution in [1.29, 1.82) is 5.26 Å². The van der Waals surface area contributed by atoms with Crippen LogP contribution in [0.5, 0.6) is 0 Å². The van der Waals surface area contributed by atoms with Crippen molar-refractivity contribution in [2.75, 3.05) is 5.32 Å². The molecule has 0 aliphatic heterocycles. The molecule has 1 aliphatic carbocycles. The normalized spacial score (nSPS) is 19.7. The van der Waals surface area contributed by atoms with E-state index in [9.17, 15) is 14.9 Å². The van der Waals surface area contributed by atoms with Gasteiger partial charge in [0.1, 0.15) is 0 Å². The van der Waals surface area contributed by atoms with Crippen LogP contribution >= 0.6 is 0 Å². The zero-order valence-electron chi connectivity index (χ0n) is 11.2. The van der Waals surface area contributed by atoms with Crippen LogP contribution < -0.4 is 5.32 Å². The van der Waals surface area contributed by atoms with Crippen LogP contribution in [-0.2, 0) is 11.2 Å². The van der Waals surface area contributed by atoms with Crippen molar-refractivity contribution in [3.05, 3.63) is 65.7 Å². The van der Waals surface area contributed by atoms with E-state index in [4.69, 9.17) is 0 Å². The van der Waals surface area contributed by atoms with Crippen LogP contribution in [-0.4, -0.2) is 11.7 Å². The zero-order chi connectivity index (χ0) is 14.9. The lowest BCUT2D eigenvalue weighted by Crippen LogP contribution is -2.40. The fraction of sp³-hybridized carbons (Fsp3) is 0.118. The van der Waals surface area contributed by atoms with Crippen molar-refractivity contribution >= 4 is 17.4 Å². The third-order valence-corrected chi connectivity index (χ3v) is 3.72. The average molecular weight is 276 g/mol. The zero-order valence-corrected chi connectivity index (χ0v) is 11.2. The number of benzene rings is 2. The molecule has 2 aromatic rings. The second-order valence-electron chi connectivity index (χ2n) is 5.00. The summed E-state index contributed by atoms with van der Waals surface area (Å²) in [6.45, 7) is 0. The molecule has 0 heterocycles. The Hall–Kier alpha value is -2.93. The van der Waals surface area contributed by atoms with E-state index in [1.807, 2.05) is 12.1 Å². The second kappa shape index (κ2) is 4.88. The summed E-state index contributed by atoms with van der Waals surface area (Å²) in [5, 5.41) is 12.1. The van der Waals surface area contributed by atoms with Crippen LogP contribution in [0.4, 0.5) is 5.69 Å². The van der Waals surface area contributed by atoms with Crippen LogP contribution in [0.2, 0.25) is 0 Å². The molecule has 21 heavy (non-hydrogen) atoms. The largest absolute Gasteiger partial charge is 0.324 e. The maximum atomic E-state index is 12.5. The number of carbonyl (C=O) groups excluding carboxylic acids is 2. The number of nitrogens with zero attached hydrogens (tertiary/aromatic N) is 1. The molecule has 1 atom stereocenters. The molecule has 0 radical (unpaired) electrons. The lowest BCUT2D eigenvalue weighted by Gasteiger charge is -2.18. The summed E-state index contributed by atoms with van der Waals surface area (Å²) in [5.74, 6) is -0.994. The van der Waals surface area contributed by atoms with Gasteiger partial charge in [-0.1, -0.05) is 42.5 Å². The summed E-state index contributed by atoms with van der Waals surface area (Å²) in [7, 11) is 0. The average Bonchev–Trinajstić information content (AvgIpc) is 2.82. The van der Waals surface area contributed by atoms with Gasteiger partial charge < -0.3 is 5.32 Å². The molecule has 4 nitrogen and oxygen atoms in total. The van der Waals surface area contributed by atoms with Gasteiger partial charge in [-0.15, -0.1) is 0 Å². The van der Waals surface area contributed by atoms with Gasteiger partial charge in [0.05, 0.1) is 6.07 Å². The van der Waals surface area contributed by atoms with Gasteiger partial charge in [0.25, 0.3) is 5.91 Å². The monoisotopic (exact) mass is 276 g/mol. The maximum Gasteiger partial charge on any atom is 0.253 e. The highest BCUT2D eigenvalue weighted by Gasteiger charge is 2.52. The molecule has 1 N–H and O–H groups in total. The lowest BCUT2D eigenvalue weighted by molar-refractivity contribution is -0.120. The molecule has 102 valence electrons. The number of carbonyl (C=O) groups is 2. The van der Waals surface area contributed by atoms with Crippen molar-refractivity contribution in [1.82, 2.24) is 0 Å². The number of nitrogens with one attached hydrogen (secondary N) is 1. The van der Waals surface area contributed by atoms with Crippen molar-refractivity contribution < 1.29 is 9.59 Å². The summed E-state index contributed by atoms with van der Waals surface area (Å²) in [4.78, 5) is 25.0. The first-order valence-electron chi connectivity index (χ1n) is 6.58. The van der Waals surface area contributed by atoms with Gasteiger partial charge in [-0.3, -0.25) is 9.59 Å². The Morgan fingerprint density at radius 3 is 2.43 bits per heavy atom. The Morgan fingerprint density at radius 1 is 1.10 bits per heavy atom. The quantitative estimate of drug-likeness (QED) is 0.857. The van der Waals surface area contributed by atoms with Gasteiger partial charge >= 0.3 is 0 Å². The summed E-state index contributed by atoms with van der Waals surface area (Å²) in [5.41, 5.74) is 0.106. The van der Waals surface area contributed by atoms with Gasteiger partial charge in [-0.05, 0) is 17.7 Å². The van der Waals surface area contributed by atoms with E-state index in [0.717, 1.165) is 5.56 Å². The van der Waals surface area contributed by atoms with Crippen LogP contribution in [0.1, 0.15) is 15.9 Å².